The molecular formula is C26H35ClF4N4O2Si. The lowest BCUT2D eigenvalue weighted by Gasteiger charge is -2.37. The van der Waals surface area contributed by atoms with Crippen LogP contribution in [0.2, 0.25) is 29.2 Å². The Morgan fingerprint density at radius 3 is 2.42 bits per heavy atom. The average Bonchev–Trinajstić information content (AvgIpc) is 2.78. The number of nitrogens with one attached hydrogen (secondary N) is 3. The maximum atomic E-state index is 13.5. The molecular weight excluding hydrogens is 540 g/mol. The first-order valence-electron chi connectivity index (χ1n) is 12.1. The summed E-state index contributed by atoms with van der Waals surface area (Å²) < 4.78 is 59.0. The van der Waals surface area contributed by atoms with E-state index in [2.05, 4.69) is 55.0 Å². The molecule has 3 N–H and O–H groups in total. The van der Waals surface area contributed by atoms with E-state index >= 15 is 0 Å². The molecule has 0 saturated heterocycles. The number of anilines is 2. The first-order chi connectivity index (χ1) is 17.4. The Bertz CT molecular complexity index is 1170. The molecule has 12 heteroatoms. The van der Waals surface area contributed by atoms with Gasteiger partial charge in [-0.2, -0.15) is 13.2 Å². The van der Waals surface area contributed by atoms with E-state index in [0.717, 1.165) is 30.7 Å². The summed E-state index contributed by atoms with van der Waals surface area (Å²) in [7, 11) is -1.54. The highest BCUT2D eigenvalue weighted by Gasteiger charge is 2.35. The van der Waals surface area contributed by atoms with Crippen LogP contribution >= 0.6 is 11.6 Å². The molecule has 0 aliphatic rings. The van der Waals surface area contributed by atoms with E-state index in [9.17, 15) is 22.4 Å². The van der Waals surface area contributed by atoms with Crippen LogP contribution in [0.4, 0.5) is 29.1 Å². The number of nitrogens with zero attached hydrogens (tertiary/aromatic N) is 1. The second kappa shape index (κ2) is 12.4. The molecule has 1 heterocycles. The summed E-state index contributed by atoms with van der Waals surface area (Å²) >= 11 is 5.80. The fraction of sp³-hybridized carbons (Fsp3) is 0.462. The Kier molecular flexibility index (Phi) is 10.2. The number of hydrogen-bond acceptors (Lipinski definition) is 5. The SMILES string of the molecule is Cc1cc(C(F)(F)F)cc(NNC(=COC(C)CC[Si](C)(C)C(C)(C)C)C(=O)Nc2ccc(F)c(Cl)c2)n1. The number of alkyl halides is 3. The third-order valence-corrected chi connectivity index (χ3v) is 12.5. The average molecular weight is 575 g/mol. The van der Waals surface area contributed by atoms with Gasteiger partial charge >= 0.3 is 6.18 Å². The predicted molar refractivity (Wildman–Crippen MR) is 146 cm³/mol. The highest BCUT2D eigenvalue weighted by atomic mass is 35.5. The van der Waals surface area contributed by atoms with Gasteiger partial charge in [-0.15, -0.1) is 0 Å². The van der Waals surface area contributed by atoms with E-state index in [1.54, 1.807) is 0 Å². The van der Waals surface area contributed by atoms with Crippen molar-refractivity contribution < 1.29 is 27.1 Å². The van der Waals surface area contributed by atoms with Crippen LogP contribution in [0.15, 0.2) is 42.3 Å². The lowest BCUT2D eigenvalue weighted by atomic mass is 10.2. The zero-order valence-corrected chi connectivity index (χ0v) is 24.4. The Hall–Kier alpha value is -2.79. The predicted octanol–water partition coefficient (Wildman–Crippen LogP) is 7.90. The third kappa shape index (κ3) is 9.19. The number of hydrazine groups is 1. The molecule has 38 heavy (non-hydrogen) atoms. The Morgan fingerprint density at radius 1 is 1.18 bits per heavy atom. The normalized spacial score (nSPS) is 13.6. The summed E-state index contributed by atoms with van der Waals surface area (Å²) in [6, 6.07) is 6.39. The van der Waals surface area contributed by atoms with Gasteiger partial charge in [0, 0.05) is 11.4 Å². The van der Waals surface area contributed by atoms with E-state index in [1.165, 1.54) is 25.3 Å². The summed E-state index contributed by atoms with van der Waals surface area (Å²) in [4.78, 5) is 17.0. The number of rotatable bonds is 10. The molecule has 0 radical (unpaired) electrons. The third-order valence-electron chi connectivity index (χ3n) is 6.65. The van der Waals surface area contributed by atoms with Crippen LogP contribution in [0.5, 0.6) is 0 Å². The maximum absolute atomic E-state index is 13.5. The molecule has 1 unspecified atom stereocenters. The highest BCUT2D eigenvalue weighted by molar-refractivity contribution is 6.80. The number of aryl methyl sites for hydroxylation is 1. The van der Waals surface area contributed by atoms with Crippen molar-refractivity contribution in [2.45, 2.75) is 77.5 Å². The lowest BCUT2D eigenvalue weighted by Crippen LogP contribution is -2.37. The number of carbonyl (C=O) groups is 1. The van der Waals surface area contributed by atoms with Crippen molar-refractivity contribution in [2.24, 2.45) is 0 Å². The molecule has 0 fully saturated rings. The van der Waals surface area contributed by atoms with Gasteiger partial charge in [0.15, 0.2) is 5.70 Å². The summed E-state index contributed by atoms with van der Waals surface area (Å²) in [5.74, 6) is -1.49. The van der Waals surface area contributed by atoms with Gasteiger partial charge in [0.05, 0.1) is 24.8 Å². The van der Waals surface area contributed by atoms with Crippen molar-refractivity contribution in [2.75, 3.05) is 10.7 Å². The molecule has 1 aromatic heterocycles. The van der Waals surface area contributed by atoms with Crippen LogP contribution in [0.3, 0.4) is 0 Å². The van der Waals surface area contributed by atoms with Gasteiger partial charge < -0.3 is 10.1 Å². The summed E-state index contributed by atoms with van der Waals surface area (Å²) in [6.45, 7) is 14.6. The first kappa shape index (κ1) is 31.4. The van der Waals surface area contributed by atoms with Crippen LogP contribution in [0.1, 0.15) is 45.4 Å². The summed E-state index contributed by atoms with van der Waals surface area (Å²) in [6.07, 6.45) is -2.84. The zero-order chi connectivity index (χ0) is 28.9. The molecule has 0 spiro atoms. The van der Waals surface area contributed by atoms with Gasteiger partial charge in [0.25, 0.3) is 5.91 Å². The maximum Gasteiger partial charge on any atom is 0.416 e. The number of ether oxygens (including phenoxy) is 1. The minimum Gasteiger partial charge on any atom is -0.496 e. The van der Waals surface area contributed by atoms with E-state index in [0.29, 0.717) is 0 Å². The monoisotopic (exact) mass is 574 g/mol. The van der Waals surface area contributed by atoms with E-state index in [1.807, 2.05) is 6.92 Å². The van der Waals surface area contributed by atoms with Crippen LogP contribution in [-0.4, -0.2) is 25.1 Å². The Morgan fingerprint density at radius 2 is 1.84 bits per heavy atom. The van der Waals surface area contributed by atoms with Crippen molar-refractivity contribution >= 4 is 37.1 Å². The van der Waals surface area contributed by atoms with Gasteiger partial charge in [0.2, 0.25) is 0 Å². The van der Waals surface area contributed by atoms with Gasteiger partial charge in [-0.1, -0.05) is 51.5 Å². The molecule has 0 aliphatic carbocycles. The number of aromatic nitrogens is 1. The Balaban J connectivity index is 2.22. The standard InChI is InChI=1S/C26H35ClF4N4O2Si/c1-16-12-18(26(29,30)31)13-23(32-16)35-34-22(24(36)33-19-8-9-21(28)20(27)14-19)15-37-17(2)10-11-38(6,7)25(3,4)5/h8-9,12-15,17,34H,10-11H2,1-7H3,(H,32,35)(H,33,36). The number of pyridine rings is 1. The lowest BCUT2D eigenvalue weighted by molar-refractivity contribution is -0.137. The van der Waals surface area contributed by atoms with E-state index in [4.69, 9.17) is 16.3 Å². The van der Waals surface area contributed by atoms with Gasteiger partial charge in [-0.05, 0) is 55.6 Å². The molecule has 0 bridgehead atoms. The molecule has 6 nitrogen and oxygen atoms in total. The summed E-state index contributed by atoms with van der Waals surface area (Å²) in [5.41, 5.74) is 4.45. The molecule has 2 rings (SSSR count). The number of carbonyl (C=O) groups excluding carboxylic acids is 1. The number of benzene rings is 1. The van der Waals surface area contributed by atoms with Crippen LogP contribution < -0.4 is 16.2 Å². The topological polar surface area (TPSA) is 75.3 Å². The Labute approximate surface area is 227 Å². The zero-order valence-electron chi connectivity index (χ0n) is 22.6. The number of amides is 1. The van der Waals surface area contributed by atoms with Crippen LogP contribution in [0, 0.1) is 12.7 Å². The molecule has 2 aromatic rings. The molecule has 1 atom stereocenters. The second-order valence-electron chi connectivity index (χ2n) is 10.9. The van der Waals surface area contributed by atoms with Crippen molar-refractivity contribution in [3.63, 3.8) is 0 Å². The van der Waals surface area contributed by atoms with Gasteiger partial charge in [0.1, 0.15) is 17.9 Å². The largest absolute Gasteiger partial charge is 0.496 e. The van der Waals surface area contributed by atoms with Crippen molar-refractivity contribution in [3.8, 4) is 0 Å². The van der Waals surface area contributed by atoms with Crippen LogP contribution in [-0.2, 0) is 15.7 Å². The second-order valence-corrected chi connectivity index (χ2v) is 17.0. The fourth-order valence-electron chi connectivity index (χ4n) is 3.13. The number of halogens is 5. The molecule has 1 amide bonds. The first-order valence-corrected chi connectivity index (χ1v) is 15.7. The van der Waals surface area contributed by atoms with Crippen molar-refractivity contribution in [1.82, 2.24) is 10.4 Å². The smallest absolute Gasteiger partial charge is 0.416 e. The van der Waals surface area contributed by atoms with Gasteiger partial charge in [-0.3, -0.25) is 15.6 Å². The number of hydrogen-bond donors (Lipinski definition) is 3. The van der Waals surface area contributed by atoms with Crippen molar-refractivity contribution in [1.29, 1.82) is 0 Å². The van der Waals surface area contributed by atoms with Crippen LogP contribution in [0.25, 0.3) is 0 Å². The fourth-order valence-corrected chi connectivity index (χ4v) is 5.19. The molecule has 0 aliphatic heterocycles. The highest BCUT2D eigenvalue weighted by Crippen LogP contribution is 2.39. The van der Waals surface area contributed by atoms with E-state index in [-0.39, 0.29) is 39.1 Å². The van der Waals surface area contributed by atoms with Crippen molar-refractivity contribution in [3.05, 3.63) is 64.4 Å². The summed E-state index contributed by atoms with van der Waals surface area (Å²) in [5, 5.41) is 2.59. The minimum atomic E-state index is -4.56. The quantitative estimate of drug-likeness (QED) is 0.0884. The minimum absolute atomic E-state index is 0.135. The van der Waals surface area contributed by atoms with Gasteiger partial charge in [-0.25, -0.2) is 9.37 Å². The van der Waals surface area contributed by atoms with E-state index < -0.39 is 31.5 Å². The molecule has 1 aromatic carbocycles. The molecule has 210 valence electrons. The molecule has 0 saturated carbocycles.